The van der Waals surface area contributed by atoms with Crippen molar-refractivity contribution < 1.29 is 9.53 Å². The van der Waals surface area contributed by atoms with E-state index in [0.717, 1.165) is 24.9 Å². The molecule has 2 atom stereocenters. The summed E-state index contributed by atoms with van der Waals surface area (Å²) in [7, 11) is 0. The van der Waals surface area contributed by atoms with Crippen molar-refractivity contribution in [3.05, 3.63) is 0 Å². The minimum Gasteiger partial charge on any atom is -0.368 e. The lowest BCUT2D eigenvalue weighted by molar-refractivity contribution is -0.142. The third-order valence-corrected chi connectivity index (χ3v) is 3.58. The average Bonchev–Trinajstić information content (AvgIpc) is 2.97. The lowest BCUT2D eigenvalue weighted by Crippen LogP contribution is -2.43. The van der Waals surface area contributed by atoms with E-state index < -0.39 is 0 Å². The minimum absolute atomic E-state index is 0.176. The number of nitrogens with zero attached hydrogens (tertiary/aromatic N) is 1. The van der Waals surface area contributed by atoms with Crippen LogP contribution in [-0.4, -0.2) is 41.4 Å². The first-order valence-corrected chi connectivity index (χ1v) is 6.84. The van der Waals surface area contributed by atoms with Gasteiger partial charge in [-0.05, 0) is 25.2 Å². The number of carbonyl (C=O) groups excluding carboxylic acids is 1. The molecule has 0 N–H and O–H groups in total. The first-order valence-electron chi connectivity index (χ1n) is 5.72. The fourth-order valence-electron chi connectivity index (χ4n) is 2.12. The van der Waals surface area contributed by atoms with Crippen LogP contribution in [0, 0.1) is 5.92 Å². The summed E-state index contributed by atoms with van der Waals surface area (Å²) in [6, 6.07) is 0.492. The average molecular weight is 276 g/mol. The molecule has 0 aromatic heterocycles. The second-order valence-corrected chi connectivity index (χ2v) is 5.30. The zero-order valence-corrected chi connectivity index (χ0v) is 10.7. The lowest BCUT2D eigenvalue weighted by Gasteiger charge is -2.26. The van der Waals surface area contributed by atoms with Crippen LogP contribution in [0.2, 0.25) is 0 Å². The summed E-state index contributed by atoms with van der Waals surface area (Å²) in [6.07, 6.45) is 3.17. The molecular weight excluding hydrogens is 258 g/mol. The highest BCUT2D eigenvalue weighted by molar-refractivity contribution is 9.09. The predicted molar refractivity (Wildman–Crippen MR) is 62.1 cm³/mol. The van der Waals surface area contributed by atoms with Crippen molar-refractivity contribution in [1.82, 2.24) is 4.90 Å². The molecule has 1 saturated carbocycles. The third-order valence-electron chi connectivity index (χ3n) is 3.23. The molecule has 86 valence electrons. The van der Waals surface area contributed by atoms with Gasteiger partial charge < -0.3 is 9.64 Å². The molecule has 3 nitrogen and oxygen atoms in total. The van der Waals surface area contributed by atoms with Crippen LogP contribution in [0.15, 0.2) is 0 Å². The Kier molecular flexibility index (Phi) is 3.67. The first-order chi connectivity index (χ1) is 7.24. The molecule has 2 fully saturated rings. The van der Waals surface area contributed by atoms with E-state index in [1.54, 1.807) is 0 Å². The van der Waals surface area contributed by atoms with Gasteiger partial charge in [0.05, 0.1) is 0 Å². The van der Waals surface area contributed by atoms with Crippen LogP contribution >= 0.6 is 15.9 Å². The van der Waals surface area contributed by atoms with Crippen molar-refractivity contribution in [3.63, 3.8) is 0 Å². The zero-order valence-electron chi connectivity index (χ0n) is 9.12. The Bertz CT molecular complexity index is 243. The van der Waals surface area contributed by atoms with E-state index in [0.29, 0.717) is 12.0 Å². The predicted octanol–water partition coefficient (Wildman–Crippen LogP) is 1.80. The molecule has 0 bridgehead atoms. The number of ether oxygens (including phenoxy) is 1. The molecule has 2 aliphatic rings. The van der Waals surface area contributed by atoms with Gasteiger partial charge in [0.2, 0.25) is 0 Å². The van der Waals surface area contributed by atoms with Crippen molar-refractivity contribution >= 4 is 21.8 Å². The van der Waals surface area contributed by atoms with Crippen LogP contribution < -0.4 is 0 Å². The van der Waals surface area contributed by atoms with Gasteiger partial charge in [-0.15, -0.1) is 0 Å². The highest BCUT2D eigenvalue weighted by Crippen LogP contribution is 2.30. The quantitative estimate of drug-likeness (QED) is 0.733. The fraction of sp³-hybridized carbons (Fsp3) is 0.909. The highest BCUT2D eigenvalue weighted by Gasteiger charge is 2.39. The molecule has 0 radical (unpaired) electrons. The smallest absolute Gasteiger partial charge is 0.252 e. The molecule has 0 aromatic rings. The van der Waals surface area contributed by atoms with Gasteiger partial charge in [0, 0.05) is 24.5 Å². The van der Waals surface area contributed by atoms with Crippen molar-refractivity contribution in [2.24, 2.45) is 5.92 Å². The molecular formula is C11H18BrNO2. The summed E-state index contributed by atoms with van der Waals surface area (Å²) in [4.78, 5) is 14.2. The Morgan fingerprint density at radius 1 is 1.47 bits per heavy atom. The van der Waals surface area contributed by atoms with Crippen LogP contribution in [0.3, 0.4) is 0 Å². The van der Waals surface area contributed by atoms with Gasteiger partial charge in [-0.3, -0.25) is 4.79 Å². The van der Waals surface area contributed by atoms with Crippen LogP contribution in [0.5, 0.6) is 0 Å². The van der Waals surface area contributed by atoms with Gasteiger partial charge in [0.25, 0.3) is 5.91 Å². The molecule has 1 saturated heterocycles. The Labute approximate surface area is 99.3 Å². The summed E-state index contributed by atoms with van der Waals surface area (Å²) >= 11 is 3.40. The third kappa shape index (κ3) is 2.53. The molecule has 15 heavy (non-hydrogen) atoms. The van der Waals surface area contributed by atoms with Crippen molar-refractivity contribution in [1.29, 1.82) is 0 Å². The summed E-state index contributed by atoms with van der Waals surface area (Å²) in [5.74, 6) is 0.594. The highest BCUT2D eigenvalue weighted by atomic mass is 79.9. The molecule has 1 amide bonds. The molecule has 4 heteroatoms. The van der Waals surface area contributed by atoms with Gasteiger partial charge >= 0.3 is 0 Å². The van der Waals surface area contributed by atoms with Gasteiger partial charge in [-0.2, -0.15) is 0 Å². The normalized spacial score (nSPS) is 30.5. The maximum absolute atomic E-state index is 12.2. The Balaban J connectivity index is 1.96. The minimum atomic E-state index is -0.176. The maximum atomic E-state index is 12.2. The molecule has 1 heterocycles. The van der Waals surface area contributed by atoms with Gasteiger partial charge in [-0.1, -0.05) is 22.9 Å². The molecule has 1 aliphatic carbocycles. The van der Waals surface area contributed by atoms with Crippen LogP contribution in [0.4, 0.5) is 0 Å². The molecule has 0 aromatic carbocycles. The van der Waals surface area contributed by atoms with E-state index in [1.165, 1.54) is 12.8 Å². The van der Waals surface area contributed by atoms with E-state index in [9.17, 15) is 4.79 Å². The molecule has 0 spiro atoms. The number of hydrogen-bond donors (Lipinski definition) is 0. The Morgan fingerprint density at radius 2 is 2.20 bits per heavy atom. The molecule has 1 aliphatic heterocycles. The van der Waals surface area contributed by atoms with Crippen LogP contribution in [0.1, 0.15) is 26.2 Å². The van der Waals surface area contributed by atoms with Crippen molar-refractivity contribution in [2.45, 2.75) is 38.3 Å². The van der Waals surface area contributed by atoms with E-state index >= 15 is 0 Å². The van der Waals surface area contributed by atoms with E-state index in [1.807, 2.05) is 4.90 Å². The maximum Gasteiger partial charge on any atom is 0.252 e. The van der Waals surface area contributed by atoms with Crippen molar-refractivity contribution in [3.8, 4) is 0 Å². The largest absolute Gasteiger partial charge is 0.368 e. The number of rotatable bonds is 4. The monoisotopic (exact) mass is 275 g/mol. The number of alkyl halides is 1. The zero-order chi connectivity index (χ0) is 10.8. The number of hydrogen-bond acceptors (Lipinski definition) is 2. The number of amides is 1. The first kappa shape index (κ1) is 11.4. The van der Waals surface area contributed by atoms with Crippen molar-refractivity contribution in [2.75, 3.05) is 18.5 Å². The second kappa shape index (κ2) is 4.83. The summed E-state index contributed by atoms with van der Waals surface area (Å²) < 4.78 is 5.53. The van der Waals surface area contributed by atoms with E-state index in [-0.39, 0.29) is 12.0 Å². The Morgan fingerprint density at radius 3 is 2.67 bits per heavy atom. The summed E-state index contributed by atoms with van der Waals surface area (Å²) in [5, 5.41) is 0.857. The van der Waals surface area contributed by atoms with Crippen LogP contribution in [0.25, 0.3) is 0 Å². The standard InChI is InChI=1S/C11H18BrNO2/c1-8-4-7-15-10(8)11(14)13(6-5-12)9-2-3-9/h8-10H,2-7H2,1H3. The van der Waals surface area contributed by atoms with Crippen LogP contribution in [-0.2, 0) is 9.53 Å². The second-order valence-electron chi connectivity index (χ2n) is 4.51. The topological polar surface area (TPSA) is 29.5 Å². The molecule has 2 unspecified atom stereocenters. The number of carbonyl (C=O) groups is 1. The van der Waals surface area contributed by atoms with Gasteiger partial charge in [0.1, 0.15) is 6.10 Å². The summed E-state index contributed by atoms with van der Waals surface area (Å²) in [6.45, 7) is 3.66. The summed E-state index contributed by atoms with van der Waals surface area (Å²) in [5.41, 5.74) is 0. The van der Waals surface area contributed by atoms with E-state index in [4.69, 9.17) is 4.74 Å². The van der Waals surface area contributed by atoms with E-state index in [2.05, 4.69) is 22.9 Å². The molecule has 2 rings (SSSR count). The fourth-order valence-corrected chi connectivity index (χ4v) is 2.51. The van der Waals surface area contributed by atoms with Gasteiger partial charge in [-0.25, -0.2) is 0 Å². The van der Waals surface area contributed by atoms with Gasteiger partial charge in [0.15, 0.2) is 0 Å². The SMILES string of the molecule is CC1CCOC1C(=O)N(CCBr)C1CC1. The lowest BCUT2D eigenvalue weighted by atomic mass is 10.0. The number of halogens is 1. The Hall–Kier alpha value is -0.0900.